The molecule has 1 N–H and O–H groups in total. The van der Waals surface area contributed by atoms with Gasteiger partial charge in [0.25, 0.3) is 0 Å². The van der Waals surface area contributed by atoms with E-state index in [9.17, 15) is 9.18 Å². The Balaban J connectivity index is 1.37. The van der Waals surface area contributed by atoms with Crippen molar-refractivity contribution in [1.29, 1.82) is 0 Å². The first-order valence-corrected chi connectivity index (χ1v) is 11.4. The summed E-state index contributed by atoms with van der Waals surface area (Å²) in [5.74, 6) is 0.439. The molecule has 6 heteroatoms. The number of anilines is 2. The highest BCUT2D eigenvalue weighted by Crippen LogP contribution is 2.37. The number of methoxy groups -OCH3 is 1. The zero-order chi connectivity index (χ0) is 22.8. The largest absolute Gasteiger partial charge is 0.497 e. The number of carbonyl (C=O) groups excluding carboxylic acids is 1. The van der Waals surface area contributed by atoms with Crippen LogP contribution in [0.1, 0.15) is 11.1 Å². The van der Waals surface area contributed by atoms with Gasteiger partial charge in [0.15, 0.2) is 0 Å². The van der Waals surface area contributed by atoms with Crippen molar-refractivity contribution >= 4 is 17.3 Å². The van der Waals surface area contributed by atoms with Crippen molar-refractivity contribution in [3.63, 3.8) is 0 Å². The highest BCUT2D eigenvalue weighted by Gasteiger charge is 2.41. The zero-order valence-corrected chi connectivity index (χ0v) is 18.7. The number of halogens is 1. The fourth-order valence-electron chi connectivity index (χ4n) is 5.01. The quantitative estimate of drug-likeness (QED) is 0.645. The van der Waals surface area contributed by atoms with Crippen LogP contribution in [-0.2, 0) is 17.8 Å². The van der Waals surface area contributed by atoms with Crippen LogP contribution in [0, 0.1) is 11.7 Å². The number of carbonyl (C=O) groups is 1. The van der Waals surface area contributed by atoms with Gasteiger partial charge < -0.3 is 19.9 Å². The minimum atomic E-state index is -0.273. The summed E-state index contributed by atoms with van der Waals surface area (Å²) in [6.07, 6.45) is 0.711. The van der Waals surface area contributed by atoms with E-state index in [0.717, 1.165) is 36.6 Å². The van der Waals surface area contributed by atoms with Crippen molar-refractivity contribution in [1.82, 2.24) is 5.32 Å². The molecule has 3 aromatic rings. The Morgan fingerprint density at radius 3 is 2.55 bits per heavy atom. The molecule has 0 saturated carbocycles. The summed E-state index contributed by atoms with van der Waals surface area (Å²) in [7, 11) is 1.67. The molecule has 2 atom stereocenters. The van der Waals surface area contributed by atoms with E-state index in [1.807, 2.05) is 18.2 Å². The van der Waals surface area contributed by atoms with Crippen molar-refractivity contribution in [3.8, 4) is 5.75 Å². The molecule has 33 heavy (non-hydrogen) atoms. The average Bonchev–Trinajstić information content (AvgIpc) is 2.87. The summed E-state index contributed by atoms with van der Waals surface area (Å²) in [6, 6.07) is 22.9. The van der Waals surface area contributed by atoms with Gasteiger partial charge in [-0.3, -0.25) is 4.79 Å². The van der Waals surface area contributed by atoms with Crippen molar-refractivity contribution in [3.05, 3.63) is 89.7 Å². The predicted octanol–water partition coefficient (Wildman–Crippen LogP) is 4.02. The summed E-state index contributed by atoms with van der Waals surface area (Å²) in [6.45, 7) is 2.91. The lowest BCUT2D eigenvalue weighted by Crippen LogP contribution is -2.61. The molecular weight excluding hydrogens is 417 g/mol. The van der Waals surface area contributed by atoms with Gasteiger partial charge in [-0.2, -0.15) is 0 Å². The number of nitrogens with zero attached hydrogens (tertiary/aromatic N) is 2. The van der Waals surface area contributed by atoms with Gasteiger partial charge in [0.2, 0.25) is 5.91 Å². The van der Waals surface area contributed by atoms with Gasteiger partial charge in [-0.05, 0) is 60.0 Å². The molecule has 2 aliphatic heterocycles. The normalized spacial score (nSPS) is 19.5. The molecular formula is C27H28FN3O2. The zero-order valence-electron chi connectivity index (χ0n) is 18.7. The minimum absolute atomic E-state index is 0.0420. The average molecular weight is 446 g/mol. The van der Waals surface area contributed by atoms with Crippen molar-refractivity contribution in [2.75, 3.05) is 36.5 Å². The smallest absolute Gasteiger partial charge is 0.225 e. The molecule has 0 bridgehead atoms. The van der Waals surface area contributed by atoms with Crippen LogP contribution in [0.4, 0.5) is 15.8 Å². The van der Waals surface area contributed by atoms with Gasteiger partial charge in [0.05, 0.1) is 19.1 Å². The molecule has 0 radical (unpaired) electrons. The van der Waals surface area contributed by atoms with E-state index < -0.39 is 0 Å². The number of fused-ring (bicyclic) bond motifs is 3. The molecule has 2 heterocycles. The molecule has 170 valence electrons. The van der Waals surface area contributed by atoms with E-state index in [2.05, 4.69) is 45.4 Å². The number of hydrogen-bond acceptors (Lipinski definition) is 4. The lowest BCUT2D eigenvalue weighted by Gasteiger charge is -2.49. The molecule has 1 saturated heterocycles. The predicted molar refractivity (Wildman–Crippen MR) is 128 cm³/mol. The number of piperazine rings is 1. The highest BCUT2D eigenvalue weighted by atomic mass is 19.1. The number of ether oxygens (including phenoxy) is 1. The van der Waals surface area contributed by atoms with Crippen LogP contribution in [0.15, 0.2) is 72.8 Å². The summed E-state index contributed by atoms with van der Waals surface area (Å²) < 4.78 is 18.5. The van der Waals surface area contributed by atoms with Gasteiger partial charge in [0.1, 0.15) is 11.6 Å². The monoisotopic (exact) mass is 445 g/mol. The molecule has 2 aliphatic rings. The van der Waals surface area contributed by atoms with Crippen molar-refractivity contribution < 1.29 is 13.9 Å². The molecule has 2 unspecified atom stereocenters. The number of nitrogens with one attached hydrogen (secondary N) is 1. The molecule has 5 nitrogen and oxygen atoms in total. The van der Waals surface area contributed by atoms with Crippen LogP contribution in [0.5, 0.6) is 5.75 Å². The number of rotatable bonds is 5. The second-order valence-corrected chi connectivity index (χ2v) is 8.69. The topological polar surface area (TPSA) is 44.8 Å². The third-order valence-corrected chi connectivity index (χ3v) is 6.78. The second kappa shape index (κ2) is 9.14. The van der Waals surface area contributed by atoms with Crippen LogP contribution in [0.3, 0.4) is 0 Å². The number of hydrogen-bond donors (Lipinski definition) is 1. The fourth-order valence-corrected chi connectivity index (χ4v) is 5.01. The molecule has 1 amide bonds. The summed E-state index contributed by atoms with van der Waals surface area (Å²) in [5.41, 5.74) is 4.48. The molecule has 0 aliphatic carbocycles. The maximum absolute atomic E-state index is 13.4. The second-order valence-electron chi connectivity index (χ2n) is 8.69. The van der Waals surface area contributed by atoms with E-state index in [1.165, 1.54) is 23.4 Å². The van der Waals surface area contributed by atoms with E-state index >= 15 is 0 Å². The summed E-state index contributed by atoms with van der Waals surface area (Å²) >= 11 is 0. The van der Waals surface area contributed by atoms with E-state index in [1.54, 1.807) is 19.2 Å². The third kappa shape index (κ3) is 4.38. The molecule has 0 spiro atoms. The first-order valence-electron chi connectivity index (χ1n) is 11.4. The molecule has 3 aromatic carbocycles. The van der Waals surface area contributed by atoms with Crippen LogP contribution in [0.25, 0.3) is 0 Å². The van der Waals surface area contributed by atoms with Crippen LogP contribution >= 0.6 is 0 Å². The Morgan fingerprint density at radius 2 is 1.79 bits per heavy atom. The standard InChI is InChI=1S/C27H28FN3O2/c1-33-23-12-10-22(11-13-23)30-14-15-31-25-5-3-2-4-20(25)16-24(26(31)18-30)27(32)29-17-19-6-8-21(28)9-7-19/h2-13,24,26H,14-18H2,1H3,(H,29,32). The number of amides is 1. The van der Waals surface area contributed by atoms with Crippen LogP contribution in [-0.4, -0.2) is 38.7 Å². The molecule has 5 rings (SSSR count). The van der Waals surface area contributed by atoms with Crippen LogP contribution < -0.4 is 19.9 Å². The Morgan fingerprint density at radius 1 is 1.03 bits per heavy atom. The lowest BCUT2D eigenvalue weighted by molar-refractivity contribution is -0.126. The summed E-state index contributed by atoms with van der Waals surface area (Å²) in [4.78, 5) is 18.1. The first kappa shape index (κ1) is 21.3. The van der Waals surface area contributed by atoms with Gasteiger partial charge in [-0.15, -0.1) is 0 Å². The van der Waals surface area contributed by atoms with E-state index in [-0.39, 0.29) is 23.7 Å². The highest BCUT2D eigenvalue weighted by molar-refractivity contribution is 5.82. The maximum Gasteiger partial charge on any atom is 0.225 e. The van der Waals surface area contributed by atoms with Gasteiger partial charge >= 0.3 is 0 Å². The Hall–Kier alpha value is -3.54. The lowest BCUT2D eigenvalue weighted by atomic mass is 9.83. The molecule has 1 fully saturated rings. The Bertz CT molecular complexity index is 1120. The van der Waals surface area contributed by atoms with Crippen LogP contribution in [0.2, 0.25) is 0 Å². The number of para-hydroxylation sites is 1. The first-order chi connectivity index (χ1) is 16.1. The number of benzene rings is 3. The van der Waals surface area contributed by atoms with Crippen molar-refractivity contribution in [2.45, 2.75) is 19.0 Å². The molecule has 0 aromatic heterocycles. The van der Waals surface area contributed by atoms with Gasteiger partial charge in [-0.25, -0.2) is 4.39 Å². The Kier molecular flexibility index (Phi) is 5.90. The minimum Gasteiger partial charge on any atom is -0.497 e. The van der Waals surface area contributed by atoms with E-state index in [4.69, 9.17) is 4.74 Å². The third-order valence-electron chi connectivity index (χ3n) is 6.78. The van der Waals surface area contributed by atoms with E-state index in [0.29, 0.717) is 13.0 Å². The fraction of sp³-hybridized carbons (Fsp3) is 0.296. The van der Waals surface area contributed by atoms with Gasteiger partial charge in [-0.1, -0.05) is 30.3 Å². The maximum atomic E-state index is 13.4. The Labute approximate surface area is 193 Å². The van der Waals surface area contributed by atoms with Crippen molar-refractivity contribution in [2.24, 2.45) is 5.92 Å². The van der Waals surface area contributed by atoms with Gasteiger partial charge in [0, 0.05) is 37.6 Å². The summed E-state index contributed by atoms with van der Waals surface area (Å²) in [5, 5.41) is 3.10. The SMILES string of the molecule is COc1ccc(N2CCN3c4ccccc4CC(C(=O)NCc4ccc(F)cc4)C3C2)cc1.